The first-order valence-electron chi connectivity index (χ1n) is 7.58. The second kappa shape index (κ2) is 7.31. The maximum absolute atomic E-state index is 11.0. The van der Waals surface area contributed by atoms with Gasteiger partial charge in [-0.15, -0.1) is 5.10 Å². The van der Waals surface area contributed by atoms with E-state index in [0.717, 1.165) is 11.4 Å². The van der Waals surface area contributed by atoms with Crippen molar-refractivity contribution in [2.75, 3.05) is 5.32 Å². The highest BCUT2D eigenvalue weighted by Gasteiger charge is 2.17. The van der Waals surface area contributed by atoms with Crippen LogP contribution in [0.15, 0.2) is 36.7 Å². The van der Waals surface area contributed by atoms with E-state index in [4.69, 9.17) is 11.6 Å². The van der Waals surface area contributed by atoms with Crippen LogP contribution in [0.4, 0.5) is 11.5 Å². The summed E-state index contributed by atoms with van der Waals surface area (Å²) in [7, 11) is 0. The number of hydrogen-bond acceptors (Lipinski definition) is 6. The molecule has 2 heterocycles. The number of nitrogens with zero attached hydrogens (tertiary/aromatic N) is 6. The summed E-state index contributed by atoms with van der Waals surface area (Å²) < 4.78 is 3.20. The molecule has 2 aromatic heterocycles. The third-order valence-electron chi connectivity index (χ3n) is 3.66. The van der Waals surface area contributed by atoms with Gasteiger partial charge >= 0.3 is 5.82 Å². The average Bonchev–Trinajstić information content (AvgIpc) is 3.17. The summed E-state index contributed by atoms with van der Waals surface area (Å²) in [6.07, 6.45) is 3.06. The first-order chi connectivity index (χ1) is 12.0. The quantitative estimate of drug-likeness (QED) is 0.512. The third-order valence-corrected chi connectivity index (χ3v) is 3.89. The second-order valence-electron chi connectivity index (χ2n) is 5.41. The van der Waals surface area contributed by atoms with Gasteiger partial charge in [-0.05, 0) is 23.1 Å². The number of anilines is 1. The van der Waals surface area contributed by atoms with E-state index in [1.807, 2.05) is 18.2 Å². The predicted molar refractivity (Wildman–Crippen MR) is 92.4 cm³/mol. The number of rotatable bonds is 7. The molecule has 130 valence electrons. The van der Waals surface area contributed by atoms with Crippen molar-refractivity contribution in [1.29, 1.82) is 0 Å². The zero-order chi connectivity index (χ0) is 17.8. The lowest BCUT2D eigenvalue weighted by Gasteiger charge is -2.04. The molecule has 10 heteroatoms. The molecule has 1 aromatic carbocycles. The summed E-state index contributed by atoms with van der Waals surface area (Å²) in [6.45, 7) is 3.09. The Morgan fingerprint density at radius 1 is 1.36 bits per heavy atom. The molecular weight excluding hydrogens is 346 g/mol. The Balaban J connectivity index is 1.59. The number of nitro groups is 1. The lowest BCUT2D eigenvalue weighted by Crippen LogP contribution is -2.11. The molecule has 3 rings (SSSR count). The van der Waals surface area contributed by atoms with Gasteiger partial charge in [-0.25, -0.2) is 14.2 Å². The van der Waals surface area contributed by atoms with Crippen LogP contribution in [0.1, 0.15) is 11.5 Å². The predicted octanol–water partition coefficient (Wildman–Crippen LogP) is 2.66. The zero-order valence-corrected chi connectivity index (χ0v) is 14.2. The lowest BCUT2D eigenvalue weighted by atomic mass is 10.3. The average molecular weight is 362 g/mol. The Hall–Kier alpha value is -2.94. The van der Waals surface area contributed by atoms with Gasteiger partial charge in [-0.3, -0.25) is 0 Å². The fourth-order valence-electron chi connectivity index (χ4n) is 2.40. The van der Waals surface area contributed by atoms with E-state index in [1.54, 1.807) is 28.4 Å². The first kappa shape index (κ1) is 16.9. The molecule has 9 nitrogen and oxygen atoms in total. The molecule has 0 atom stereocenters. The zero-order valence-electron chi connectivity index (χ0n) is 13.5. The highest BCUT2D eigenvalue weighted by molar-refractivity contribution is 6.30. The van der Waals surface area contributed by atoms with Gasteiger partial charge < -0.3 is 15.4 Å². The maximum Gasteiger partial charge on any atom is 0.342 e. The highest BCUT2D eigenvalue weighted by atomic mass is 35.5. The van der Waals surface area contributed by atoms with E-state index >= 15 is 0 Å². The van der Waals surface area contributed by atoms with Crippen LogP contribution in [0.25, 0.3) is 0 Å². The van der Waals surface area contributed by atoms with Crippen LogP contribution in [0.2, 0.25) is 5.02 Å². The fraction of sp³-hybridized carbons (Fsp3) is 0.267. The first-order valence-corrected chi connectivity index (χ1v) is 7.95. The molecule has 0 unspecified atom stereocenters. The Morgan fingerprint density at radius 2 is 2.20 bits per heavy atom. The Labute approximate surface area is 148 Å². The molecule has 0 spiro atoms. The summed E-state index contributed by atoms with van der Waals surface area (Å²) in [5.74, 6) is 0.565. The molecule has 0 aliphatic rings. The summed E-state index contributed by atoms with van der Waals surface area (Å²) in [4.78, 5) is 14.5. The van der Waals surface area contributed by atoms with Gasteiger partial charge in [-0.2, -0.15) is 0 Å². The van der Waals surface area contributed by atoms with Crippen LogP contribution in [0.5, 0.6) is 0 Å². The van der Waals surface area contributed by atoms with Gasteiger partial charge in [0.25, 0.3) is 0 Å². The molecule has 0 bridgehead atoms. The summed E-state index contributed by atoms with van der Waals surface area (Å²) in [5.41, 5.74) is 1.66. The van der Waals surface area contributed by atoms with E-state index < -0.39 is 4.92 Å². The number of nitrogens with one attached hydrogen (secondary N) is 1. The molecule has 0 saturated heterocycles. The summed E-state index contributed by atoms with van der Waals surface area (Å²) >= 11 is 5.94. The van der Waals surface area contributed by atoms with Crippen molar-refractivity contribution in [3.8, 4) is 0 Å². The molecule has 25 heavy (non-hydrogen) atoms. The van der Waals surface area contributed by atoms with Crippen molar-refractivity contribution in [3.63, 3.8) is 0 Å². The van der Waals surface area contributed by atoms with Gasteiger partial charge in [-0.1, -0.05) is 22.9 Å². The Kier molecular flexibility index (Phi) is 4.94. The Bertz CT molecular complexity index is 890. The number of aromatic nitrogens is 5. The van der Waals surface area contributed by atoms with Crippen molar-refractivity contribution >= 4 is 23.1 Å². The minimum absolute atomic E-state index is 0.0274. The maximum atomic E-state index is 11.0. The van der Waals surface area contributed by atoms with Crippen LogP contribution in [-0.2, 0) is 19.6 Å². The molecule has 0 aliphatic carbocycles. The van der Waals surface area contributed by atoms with Crippen molar-refractivity contribution in [3.05, 3.63) is 63.3 Å². The SMILES string of the molecule is Cc1ncc([N+](=O)[O-])n1CCn1cc(CNc2cccc(Cl)c2)nn1. The van der Waals surface area contributed by atoms with E-state index in [0.29, 0.717) is 30.5 Å². The monoisotopic (exact) mass is 361 g/mol. The molecular formula is C15H16ClN7O2. The molecule has 0 amide bonds. The van der Waals surface area contributed by atoms with Crippen molar-refractivity contribution in [2.24, 2.45) is 0 Å². The van der Waals surface area contributed by atoms with Gasteiger partial charge in [0.15, 0.2) is 5.82 Å². The molecule has 0 radical (unpaired) electrons. The molecule has 0 fully saturated rings. The van der Waals surface area contributed by atoms with E-state index in [1.165, 1.54) is 6.20 Å². The summed E-state index contributed by atoms with van der Waals surface area (Å²) in [5, 5.41) is 23.0. The lowest BCUT2D eigenvalue weighted by molar-refractivity contribution is -0.392. The minimum Gasteiger partial charge on any atom is -0.379 e. The van der Waals surface area contributed by atoms with Crippen molar-refractivity contribution < 1.29 is 4.92 Å². The number of halogens is 1. The minimum atomic E-state index is -0.443. The third kappa shape index (κ3) is 4.13. The number of hydrogen-bond donors (Lipinski definition) is 1. The van der Waals surface area contributed by atoms with Crippen molar-refractivity contribution in [1.82, 2.24) is 24.5 Å². The molecule has 1 N–H and O–H groups in total. The van der Waals surface area contributed by atoms with Gasteiger partial charge in [0, 0.05) is 17.6 Å². The van der Waals surface area contributed by atoms with Crippen molar-refractivity contribution in [2.45, 2.75) is 26.6 Å². The topological polar surface area (TPSA) is 104 Å². The highest BCUT2D eigenvalue weighted by Crippen LogP contribution is 2.16. The van der Waals surface area contributed by atoms with Crippen LogP contribution in [0, 0.1) is 17.0 Å². The molecule has 0 aliphatic heterocycles. The fourth-order valence-corrected chi connectivity index (χ4v) is 2.59. The standard InChI is InChI=1S/C15H16ClN7O2/c1-11-17-9-15(23(24)25)22(11)6-5-21-10-14(19-20-21)8-18-13-4-2-3-12(16)7-13/h2-4,7,9-10,18H,5-6,8H2,1H3. The van der Waals surface area contributed by atoms with Crippen LogP contribution in [-0.4, -0.2) is 29.5 Å². The van der Waals surface area contributed by atoms with E-state index in [9.17, 15) is 10.1 Å². The summed E-state index contributed by atoms with van der Waals surface area (Å²) in [6, 6.07) is 7.41. The Morgan fingerprint density at radius 3 is 2.96 bits per heavy atom. The van der Waals surface area contributed by atoms with Crippen LogP contribution >= 0.6 is 11.6 Å². The second-order valence-corrected chi connectivity index (χ2v) is 5.85. The number of aryl methyl sites for hydroxylation is 2. The molecule has 0 saturated carbocycles. The van der Waals surface area contributed by atoms with Gasteiger partial charge in [0.2, 0.25) is 0 Å². The van der Waals surface area contributed by atoms with E-state index in [-0.39, 0.29) is 5.82 Å². The van der Waals surface area contributed by atoms with Gasteiger partial charge in [0.05, 0.1) is 19.3 Å². The molecule has 3 aromatic rings. The number of imidazole rings is 1. The van der Waals surface area contributed by atoms with Gasteiger partial charge in [0.1, 0.15) is 18.4 Å². The normalized spacial score (nSPS) is 10.8. The van der Waals surface area contributed by atoms with Crippen LogP contribution < -0.4 is 5.32 Å². The number of benzene rings is 1. The van der Waals surface area contributed by atoms with E-state index in [2.05, 4.69) is 20.6 Å². The smallest absolute Gasteiger partial charge is 0.342 e. The van der Waals surface area contributed by atoms with Crippen LogP contribution in [0.3, 0.4) is 0 Å². The largest absolute Gasteiger partial charge is 0.379 e.